The normalized spacial score (nSPS) is 18.6. The maximum atomic E-state index is 12.6. The van der Waals surface area contributed by atoms with Gasteiger partial charge in [-0.15, -0.1) is 6.58 Å². The zero-order chi connectivity index (χ0) is 16.2. The highest BCUT2D eigenvalue weighted by molar-refractivity contribution is 7.89. The van der Waals surface area contributed by atoms with Crippen molar-refractivity contribution in [2.24, 2.45) is 5.92 Å². The topological polar surface area (TPSA) is 54.5 Å². The summed E-state index contributed by atoms with van der Waals surface area (Å²) in [5, 5.41) is 0. The van der Waals surface area contributed by atoms with Crippen LogP contribution in [0.15, 0.2) is 54.0 Å². The average Bonchev–Trinajstić information content (AvgIpc) is 2.49. The molecule has 1 unspecified atom stereocenters. The molecule has 1 saturated carbocycles. The second kappa shape index (κ2) is 7.03. The van der Waals surface area contributed by atoms with Crippen LogP contribution >= 0.6 is 0 Å². The minimum absolute atomic E-state index is 0.0346. The number of hydrogen-bond donors (Lipinski definition) is 0. The Morgan fingerprint density at radius 2 is 1.95 bits per heavy atom. The van der Waals surface area contributed by atoms with Crippen molar-refractivity contribution in [1.29, 1.82) is 0 Å². The molecule has 0 radical (unpaired) electrons. The van der Waals surface area contributed by atoms with Gasteiger partial charge in [0.25, 0.3) is 0 Å². The van der Waals surface area contributed by atoms with Crippen LogP contribution < -0.4 is 0 Å². The molecule has 2 rings (SSSR count). The number of carbonyl (C=O) groups excluding carboxylic acids is 1. The molecule has 0 amide bonds. The number of ketones is 1. The van der Waals surface area contributed by atoms with Crippen LogP contribution in [0.25, 0.3) is 0 Å². The summed E-state index contributed by atoms with van der Waals surface area (Å²) in [4.78, 5) is 11.6. The zero-order valence-electron chi connectivity index (χ0n) is 12.7. The van der Waals surface area contributed by atoms with Gasteiger partial charge < -0.3 is 0 Å². The van der Waals surface area contributed by atoms with Crippen LogP contribution in [0.5, 0.6) is 0 Å². The maximum absolute atomic E-state index is 12.6. The van der Waals surface area contributed by atoms with Crippen molar-refractivity contribution in [2.75, 3.05) is 13.1 Å². The van der Waals surface area contributed by atoms with Gasteiger partial charge in [0.05, 0.1) is 4.90 Å². The van der Waals surface area contributed by atoms with Gasteiger partial charge in [-0.05, 0) is 25.5 Å². The molecule has 1 fully saturated rings. The molecule has 0 aliphatic heterocycles. The molecule has 0 heterocycles. The molecule has 0 spiro atoms. The Hall–Kier alpha value is -1.72. The number of hydrogen-bond acceptors (Lipinski definition) is 3. The maximum Gasteiger partial charge on any atom is 0.243 e. The van der Waals surface area contributed by atoms with Gasteiger partial charge in [-0.3, -0.25) is 4.79 Å². The van der Waals surface area contributed by atoms with Crippen molar-refractivity contribution in [1.82, 2.24) is 4.31 Å². The van der Waals surface area contributed by atoms with Gasteiger partial charge in [0.15, 0.2) is 0 Å². The molecule has 1 atom stereocenters. The second-order valence-electron chi connectivity index (χ2n) is 5.46. The highest BCUT2D eigenvalue weighted by Gasteiger charge is 2.26. The summed E-state index contributed by atoms with van der Waals surface area (Å²) in [5.41, 5.74) is 1.01. The Labute approximate surface area is 132 Å². The lowest BCUT2D eigenvalue weighted by molar-refractivity contribution is -0.127. The lowest BCUT2D eigenvalue weighted by Gasteiger charge is -2.22. The lowest BCUT2D eigenvalue weighted by Crippen LogP contribution is -2.32. The van der Waals surface area contributed by atoms with E-state index in [4.69, 9.17) is 0 Å². The van der Waals surface area contributed by atoms with E-state index in [0.717, 1.165) is 12.0 Å². The van der Waals surface area contributed by atoms with Gasteiger partial charge in [-0.2, -0.15) is 4.31 Å². The van der Waals surface area contributed by atoms with Crippen molar-refractivity contribution in [3.05, 3.63) is 54.6 Å². The standard InChI is InChI=1S/C17H21NO3S/c1-3-12-18(13-4-5-15-8-11-17(15)19)22(20,21)16-9-6-14(2)7-10-16/h3-7,9-10,15H,1,8,11-13H2,2H3/b5-4+. The minimum Gasteiger partial charge on any atom is -0.299 e. The Bertz CT molecular complexity index is 674. The van der Waals surface area contributed by atoms with E-state index in [0.29, 0.717) is 6.42 Å². The summed E-state index contributed by atoms with van der Waals surface area (Å²) < 4.78 is 26.6. The molecule has 0 bridgehead atoms. The Morgan fingerprint density at radius 1 is 1.27 bits per heavy atom. The van der Waals surface area contributed by atoms with Crippen molar-refractivity contribution >= 4 is 15.8 Å². The van der Waals surface area contributed by atoms with E-state index >= 15 is 0 Å². The molecule has 1 aromatic rings. The average molecular weight is 319 g/mol. The van der Waals surface area contributed by atoms with Crippen LogP contribution in [0, 0.1) is 12.8 Å². The number of nitrogens with zero attached hydrogens (tertiary/aromatic N) is 1. The quantitative estimate of drug-likeness (QED) is 0.726. The SMILES string of the molecule is C=CCN(C/C=C/C1CCC1=O)S(=O)(=O)c1ccc(C)cc1. The van der Waals surface area contributed by atoms with Crippen LogP contribution in [0.2, 0.25) is 0 Å². The van der Waals surface area contributed by atoms with Crippen LogP contribution in [0.3, 0.4) is 0 Å². The summed E-state index contributed by atoms with van der Waals surface area (Å²) in [5.74, 6) is 0.195. The molecule has 1 aliphatic carbocycles. The fourth-order valence-electron chi connectivity index (χ4n) is 2.25. The van der Waals surface area contributed by atoms with Gasteiger partial charge >= 0.3 is 0 Å². The number of aryl methyl sites for hydroxylation is 1. The second-order valence-corrected chi connectivity index (χ2v) is 7.40. The smallest absolute Gasteiger partial charge is 0.243 e. The summed E-state index contributed by atoms with van der Waals surface area (Å²) in [7, 11) is -3.55. The number of allylic oxidation sites excluding steroid dienone is 1. The van der Waals surface area contributed by atoms with Crippen LogP contribution in [-0.4, -0.2) is 31.6 Å². The fourth-order valence-corrected chi connectivity index (χ4v) is 3.61. The first-order valence-corrected chi connectivity index (χ1v) is 8.76. The number of Topliss-reactive ketones (excluding diaryl/α,β-unsaturated/α-hetero) is 1. The van der Waals surface area contributed by atoms with Crippen molar-refractivity contribution < 1.29 is 13.2 Å². The van der Waals surface area contributed by atoms with Crippen LogP contribution in [0.1, 0.15) is 18.4 Å². The monoisotopic (exact) mass is 319 g/mol. The first-order chi connectivity index (χ1) is 10.4. The van der Waals surface area contributed by atoms with Gasteiger partial charge in [0, 0.05) is 25.4 Å². The van der Waals surface area contributed by atoms with E-state index in [1.807, 2.05) is 13.0 Å². The predicted molar refractivity (Wildman–Crippen MR) is 87.0 cm³/mol. The molecule has 1 aromatic carbocycles. The molecule has 1 aliphatic rings. The number of benzene rings is 1. The van der Waals surface area contributed by atoms with Gasteiger partial charge in [-0.25, -0.2) is 8.42 Å². The lowest BCUT2D eigenvalue weighted by atomic mass is 9.84. The molecule has 22 heavy (non-hydrogen) atoms. The van der Waals surface area contributed by atoms with E-state index in [2.05, 4.69) is 6.58 Å². The zero-order valence-corrected chi connectivity index (χ0v) is 13.6. The molecular weight excluding hydrogens is 298 g/mol. The third kappa shape index (κ3) is 3.72. The molecule has 0 saturated heterocycles. The first kappa shape index (κ1) is 16.6. The van der Waals surface area contributed by atoms with Gasteiger partial charge in [0.1, 0.15) is 5.78 Å². The fraction of sp³-hybridized carbons (Fsp3) is 0.353. The first-order valence-electron chi connectivity index (χ1n) is 7.32. The molecule has 4 nitrogen and oxygen atoms in total. The molecular formula is C17H21NO3S. The largest absolute Gasteiger partial charge is 0.299 e. The highest BCUT2D eigenvalue weighted by atomic mass is 32.2. The van der Waals surface area contributed by atoms with Crippen molar-refractivity contribution in [3.8, 4) is 0 Å². The number of rotatable bonds is 7. The predicted octanol–water partition coefficient (Wildman–Crippen LogP) is 2.71. The highest BCUT2D eigenvalue weighted by Crippen LogP contribution is 2.23. The summed E-state index contributed by atoms with van der Waals surface area (Å²) in [6.45, 7) is 6.01. The summed E-state index contributed by atoms with van der Waals surface area (Å²) >= 11 is 0. The number of sulfonamides is 1. The van der Waals surface area contributed by atoms with Gasteiger partial charge in [-0.1, -0.05) is 35.9 Å². The van der Waals surface area contributed by atoms with Crippen molar-refractivity contribution in [2.45, 2.75) is 24.7 Å². The Kier molecular flexibility index (Phi) is 5.32. The summed E-state index contributed by atoms with van der Waals surface area (Å²) in [6.07, 6.45) is 6.63. The molecule has 0 N–H and O–H groups in total. The van der Waals surface area contributed by atoms with E-state index in [1.165, 1.54) is 4.31 Å². The van der Waals surface area contributed by atoms with Crippen LogP contribution in [-0.2, 0) is 14.8 Å². The number of carbonyl (C=O) groups is 1. The van der Waals surface area contributed by atoms with E-state index < -0.39 is 10.0 Å². The Morgan fingerprint density at radius 3 is 2.45 bits per heavy atom. The van der Waals surface area contributed by atoms with Crippen LogP contribution in [0.4, 0.5) is 0 Å². The molecule has 0 aromatic heterocycles. The van der Waals surface area contributed by atoms with E-state index in [-0.39, 0.29) is 29.7 Å². The van der Waals surface area contributed by atoms with E-state index in [9.17, 15) is 13.2 Å². The molecule has 5 heteroatoms. The minimum atomic E-state index is -3.55. The summed E-state index contributed by atoms with van der Waals surface area (Å²) in [6, 6.07) is 6.78. The third-order valence-corrected chi connectivity index (χ3v) is 5.63. The van der Waals surface area contributed by atoms with E-state index in [1.54, 1.807) is 36.4 Å². The van der Waals surface area contributed by atoms with Crippen molar-refractivity contribution in [3.63, 3.8) is 0 Å². The Balaban J connectivity index is 2.13. The third-order valence-electron chi connectivity index (χ3n) is 3.78. The van der Waals surface area contributed by atoms with Gasteiger partial charge in [0.2, 0.25) is 10.0 Å². The molecule has 118 valence electrons.